The highest BCUT2D eigenvalue weighted by atomic mass is 16.5. The molecule has 0 aliphatic carbocycles. The highest BCUT2D eigenvalue weighted by Crippen LogP contribution is 2.28. The van der Waals surface area contributed by atoms with Gasteiger partial charge in [-0.25, -0.2) is 9.97 Å². The van der Waals surface area contributed by atoms with E-state index in [1.54, 1.807) is 13.2 Å². The lowest BCUT2D eigenvalue weighted by Crippen LogP contribution is -1.98. The fourth-order valence-corrected chi connectivity index (χ4v) is 1.59. The minimum Gasteiger partial charge on any atom is -0.493 e. The van der Waals surface area contributed by atoms with Gasteiger partial charge in [-0.15, -0.1) is 0 Å². The highest BCUT2D eigenvalue weighted by molar-refractivity contribution is 5.67. The molecule has 0 saturated carbocycles. The fraction of sp³-hybridized carbons (Fsp3) is 0.231. The number of rotatable bonds is 4. The van der Waals surface area contributed by atoms with E-state index in [0.29, 0.717) is 12.6 Å². The van der Waals surface area contributed by atoms with Crippen molar-refractivity contribution in [3.05, 3.63) is 36.5 Å². The van der Waals surface area contributed by atoms with Gasteiger partial charge in [0.2, 0.25) is 5.95 Å². The van der Waals surface area contributed by atoms with Gasteiger partial charge in [0.05, 0.1) is 12.3 Å². The van der Waals surface area contributed by atoms with E-state index in [1.165, 1.54) is 0 Å². The van der Waals surface area contributed by atoms with Crippen molar-refractivity contribution in [2.24, 2.45) is 0 Å². The lowest BCUT2D eigenvalue weighted by molar-refractivity contribution is 0.341. The summed E-state index contributed by atoms with van der Waals surface area (Å²) in [5.41, 5.74) is 1.83. The largest absolute Gasteiger partial charge is 0.493 e. The van der Waals surface area contributed by atoms with E-state index in [-0.39, 0.29) is 0 Å². The number of aromatic nitrogens is 2. The zero-order chi connectivity index (χ0) is 12.1. The summed E-state index contributed by atoms with van der Waals surface area (Å²) in [5, 5.41) is 2.93. The van der Waals surface area contributed by atoms with E-state index >= 15 is 0 Å². The standard InChI is InChI=1S/C13H15N3O/c1-3-17-12-7-5-4-6-10(12)11-8-9-15-13(14-2)16-11/h4-9H,3H2,1-2H3,(H,14,15,16). The summed E-state index contributed by atoms with van der Waals surface area (Å²) in [6, 6.07) is 9.74. The van der Waals surface area contributed by atoms with Crippen molar-refractivity contribution in [1.82, 2.24) is 9.97 Å². The molecule has 0 radical (unpaired) electrons. The molecule has 0 aliphatic heterocycles. The van der Waals surface area contributed by atoms with Crippen LogP contribution in [0.3, 0.4) is 0 Å². The van der Waals surface area contributed by atoms with Gasteiger partial charge in [0.1, 0.15) is 5.75 Å². The Morgan fingerprint density at radius 3 is 2.82 bits per heavy atom. The fourth-order valence-electron chi connectivity index (χ4n) is 1.59. The van der Waals surface area contributed by atoms with Crippen LogP contribution in [-0.2, 0) is 0 Å². The van der Waals surface area contributed by atoms with Gasteiger partial charge in [-0.05, 0) is 25.1 Å². The molecule has 0 spiro atoms. The molecule has 0 amide bonds. The molecule has 0 aliphatic rings. The predicted molar refractivity (Wildman–Crippen MR) is 68.2 cm³/mol. The molecule has 1 aromatic heterocycles. The number of benzene rings is 1. The number of ether oxygens (including phenoxy) is 1. The van der Waals surface area contributed by atoms with Crippen LogP contribution in [0.1, 0.15) is 6.92 Å². The molecule has 0 bridgehead atoms. The molecule has 1 aromatic carbocycles. The maximum absolute atomic E-state index is 5.58. The summed E-state index contributed by atoms with van der Waals surface area (Å²) in [6.07, 6.45) is 1.73. The Hall–Kier alpha value is -2.10. The first kappa shape index (κ1) is 11.4. The van der Waals surface area contributed by atoms with Gasteiger partial charge in [-0.2, -0.15) is 0 Å². The van der Waals surface area contributed by atoms with Crippen molar-refractivity contribution in [2.75, 3.05) is 19.0 Å². The Balaban J connectivity index is 2.44. The Kier molecular flexibility index (Phi) is 3.55. The zero-order valence-corrected chi connectivity index (χ0v) is 9.97. The minimum atomic E-state index is 0.605. The van der Waals surface area contributed by atoms with Crippen molar-refractivity contribution < 1.29 is 4.74 Å². The molecule has 4 heteroatoms. The first-order valence-corrected chi connectivity index (χ1v) is 5.58. The summed E-state index contributed by atoms with van der Waals surface area (Å²) < 4.78 is 5.58. The maximum atomic E-state index is 5.58. The van der Waals surface area contributed by atoms with E-state index in [1.807, 2.05) is 37.3 Å². The topological polar surface area (TPSA) is 47.0 Å². The Morgan fingerprint density at radius 2 is 2.06 bits per heavy atom. The molecule has 0 fully saturated rings. The van der Waals surface area contributed by atoms with Gasteiger partial charge >= 0.3 is 0 Å². The first-order valence-electron chi connectivity index (χ1n) is 5.58. The zero-order valence-electron chi connectivity index (χ0n) is 9.97. The highest BCUT2D eigenvalue weighted by Gasteiger charge is 2.07. The van der Waals surface area contributed by atoms with Crippen LogP contribution < -0.4 is 10.1 Å². The molecule has 88 valence electrons. The molecule has 1 N–H and O–H groups in total. The average molecular weight is 229 g/mol. The van der Waals surface area contributed by atoms with E-state index < -0.39 is 0 Å². The summed E-state index contributed by atoms with van der Waals surface area (Å²) in [4.78, 5) is 8.50. The number of nitrogens with zero attached hydrogens (tertiary/aromatic N) is 2. The van der Waals surface area contributed by atoms with Gasteiger partial charge < -0.3 is 10.1 Å². The third-order valence-electron chi connectivity index (χ3n) is 2.34. The third kappa shape index (κ3) is 2.53. The Labute approximate surface area is 101 Å². The maximum Gasteiger partial charge on any atom is 0.222 e. The van der Waals surface area contributed by atoms with Gasteiger partial charge in [-0.3, -0.25) is 0 Å². The molecule has 2 aromatic rings. The molecule has 17 heavy (non-hydrogen) atoms. The van der Waals surface area contributed by atoms with Crippen LogP contribution >= 0.6 is 0 Å². The van der Waals surface area contributed by atoms with Gasteiger partial charge in [-0.1, -0.05) is 12.1 Å². The van der Waals surface area contributed by atoms with E-state index in [0.717, 1.165) is 17.0 Å². The Bertz CT molecular complexity index is 500. The van der Waals surface area contributed by atoms with E-state index in [2.05, 4.69) is 15.3 Å². The van der Waals surface area contributed by atoms with E-state index in [4.69, 9.17) is 4.74 Å². The van der Waals surface area contributed by atoms with Crippen LogP contribution in [0.4, 0.5) is 5.95 Å². The molecular formula is C13H15N3O. The number of hydrogen-bond acceptors (Lipinski definition) is 4. The molecule has 0 atom stereocenters. The Morgan fingerprint density at radius 1 is 1.24 bits per heavy atom. The number of nitrogens with one attached hydrogen (secondary N) is 1. The molecular weight excluding hydrogens is 214 g/mol. The summed E-state index contributed by atoms with van der Waals surface area (Å²) in [6.45, 7) is 2.61. The van der Waals surface area contributed by atoms with Gasteiger partial charge in [0.25, 0.3) is 0 Å². The van der Waals surface area contributed by atoms with Crippen molar-refractivity contribution in [2.45, 2.75) is 6.92 Å². The van der Waals surface area contributed by atoms with Crippen molar-refractivity contribution in [3.8, 4) is 17.0 Å². The molecule has 2 rings (SSSR count). The summed E-state index contributed by atoms with van der Waals surface area (Å²) in [7, 11) is 1.80. The average Bonchev–Trinajstić information content (AvgIpc) is 2.40. The van der Waals surface area contributed by atoms with Gasteiger partial charge in [0, 0.05) is 18.8 Å². The monoisotopic (exact) mass is 229 g/mol. The molecule has 4 nitrogen and oxygen atoms in total. The van der Waals surface area contributed by atoms with Crippen molar-refractivity contribution in [1.29, 1.82) is 0 Å². The van der Waals surface area contributed by atoms with Crippen molar-refractivity contribution in [3.63, 3.8) is 0 Å². The first-order chi connectivity index (χ1) is 8.35. The smallest absolute Gasteiger partial charge is 0.222 e. The molecule has 1 heterocycles. The molecule has 0 saturated heterocycles. The second kappa shape index (κ2) is 5.30. The van der Waals surface area contributed by atoms with E-state index in [9.17, 15) is 0 Å². The van der Waals surface area contributed by atoms with Crippen LogP contribution in [0.25, 0.3) is 11.3 Å². The number of anilines is 1. The lowest BCUT2D eigenvalue weighted by atomic mass is 10.1. The molecule has 0 unspecified atom stereocenters. The quantitative estimate of drug-likeness (QED) is 0.875. The number of hydrogen-bond donors (Lipinski definition) is 1. The lowest BCUT2D eigenvalue weighted by Gasteiger charge is -2.09. The minimum absolute atomic E-state index is 0.605. The van der Waals surface area contributed by atoms with Crippen LogP contribution in [-0.4, -0.2) is 23.6 Å². The van der Waals surface area contributed by atoms with Crippen LogP contribution in [0.5, 0.6) is 5.75 Å². The summed E-state index contributed by atoms with van der Waals surface area (Å²) in [5.74, 6) is 1.45. The SMILES string of the molecule is CCOc1ccccc1-c1ccnc(NC)n1. The van der Waals surface area contributed by atoms with Gasteiger partial charge in [0.15, 0.2) is 0 Å². The van der Waals surface area contributed by atoms with Crippen molar-refractivity contribution >= 4 is 5.95 Å². The second-order valence-corrected chi connectivity index (χ2v) is 3.44. The predicted octanol–water partition coefficient (Wildman–Crippen LogP) is 2.58. The summed E-state index contributed by atoms with van der Waals surface area (Å²) >= 11 is 0. The van der Waals surface area contributed by atoms with Crippen LogP contribution in [0.15, 0.2) is 36.5 Å². The van der Waals surface area contributed by atoms with Crippen LogP contribution in [0.2, 0.25) is 0 Å². The van der Waals surface area contributed by atoms with Crippen LogP contribution in [0, 0.1) is 0 Å². The number of para-hydroxylation sites is 1. The third-order valence-corrected chi connectivity index (χ3v) is 2.34. The normalized spacial score (nSPS) is 10.0. The second-order valence-electron chi connectivity index (χ2n) is 3.44.